The van der Waals surface area contributed by atoms with Crippen LogP contribution in [0.3, 0.4) is 0 Å². The van der Waals surface area contributed by atoms with Crippen molar-refractivity contribution in [2.75, 3.05) is 11.4 Å². The van der Waals surface area contributed by atoms with E-state index >= 15 is 0 Å². The summed E-state index contributed by atoms with van der Waals surface area (Å²) in [6.45, 7) is 0.924. The molecule has 0 bridgehead atoms. The Balaban J connectivity index is 1.37. The average molecular weight is 417 g/mol. The van der Waals surface area contributed by atoms with E-state index in [-0.39, 0.29) is 30.2 Å². The molecule has 0 unspecified atom stereocenters. The number of carbonyl (C=O) groups excluding carboxylic acids is 1. The molecule has 0 saturated heterocycles. The van der Waals surface area contributed by atoms with Crippen molar-refractivity contribution in [2.45, 2.75) is 25.8 Å². The molecule has 0 aliphatic carbocycles. The molecule has 0 fully saturated rings. The zero-order chi connectivity index (χ0) is 21.4. The molecule has 1 aliphatic heterocycles. The van der Waals surface area contributed by atoms with E-state index < -0.39 is 0 Å². The van der Waals surface area contributed by atoms with E-state index in [1.54, 1.807) is 12.1 Å². The summed E-state index contributed by atoms with van der Waals surface area (Å²) in [5.41, 5.74) is 2.88. The van der Waals surface area contributed by atoms with Crippen LogP contribution in [0.15, 0.2) is 65.8 Å². The number of carbonyl (C=O) groups is 1. The van der Waals surface area contributed by atoms with Crippen LogP contribution in [-0.4, -0.2) is 31.8 Å². The lowest BCUT2D eigenvalue weighted by Gasteiger charge is -2.29. The predicted molar refractivity (Wildman–Crippen MR) is 115 cm³/mol. The van der Waals surface area contributed by atoms with Crippen molar-refractivity contribution in [1.82, 2.24) is 19.3 Å². The first kappa shape index (κ1) is 19.2. The Kier molecular flexibility index (Phi) is 4.82. The zero-order valence-electron chi connectivity index (χ0n) is 16.7. The monoisotopic (exact) mass is 417 g/mol. The zero-order valence-corrected chi connectivity index (χ0v) is 16.7. The highest BCUT2D eigenvalue weighted by molar-refractivity contribution is 5.94. The Bertz CT molecular complexity index is 1330. The van der Waals surface area contributed by atoms with E-state index in [0.29, 0.717) is 23.3 Å². The van der Waals surface area contributed by atoms with Crippen LogP contribution in [0.25, 0.3) is 16.7 Å². The number of hydrogen-bond acceptors (Lipinski definition) is 4. The van der Waals surface area contributed by atoms with Crippen molar-refractivity contribution in [3.63, 3.8) is 0 Å². The van der Waals surface area contributed by atoms with Gasteiger partial charge in [-0.3, -0.25) is 14.2 Å². The molecule has 156 valence electrons. The Hall–Kier alpha value is -3.81. The molecule has 2 aromatic carbocycles. The molecule has 8 heteroatoms. The summed E-state index contributed by atoms with van der Waals surface area (Å²) in [5, 5.41) is 4.58. The Morgan fingerprint density at radius 1 is 1.10 bits per heavy atom. The van der Waals surface area contributed by atoms with Crippen molar-refractivity contribution in [1.29, 1.82) is 0 Å². The lowest BCUT2D eigenvalue weighted by Crippen LogP contribution is -2.36. The quantitative estimate of drug-likeness (QED) is 0.512. The highest BCUT2D eigenvalue weighted by Crippen LogP contribution is 2.27. The van der Waals surface area contributed by atoms with Crippen LogP contribution >= 0.6 is 0 Å². The normalized spacial score (nSPS) is 13.4. The maximum Gasteiger partial charge on any atom is 0.264 e. The molecular weight excluding hydrogens is 397 g/mol. The minimum atomic E-state index is -0.350. The SMILES string of the molecule is O=C(CCn1cnc2c(cnn2-c2ccc(F)cc2)c1=O)N1CCCc2ccccc21. The van der Waals surface area contributed by atoms with E-state index in [4.69, 9.17) is 0 Å². The van der Waals surface area contributed by atoms with Crippen LogP contribution in [0.1, 0.15) is 18.4 Å². The van der Waals surface area contributed by atoms with Crippen LogP contribution < -0.4 is 10.5 Å². The molecule has 3 heterocycles. The van der Waals surface area contributed by atoms with Crippen LogP contribution in [0.5, 0.6) is 0 Å². The number of benzene rings is 2. The van der Waals surface area contributed by atoms with Crippen LogP contribution in [0.2, 0.25) is 0 Å². The number of para-hydroxylation sites is 1. The smallest absolute Gasteiger partial charge is 0.264 e. The third-order valence-corrected chi connectivity index (χ3v) is 5.60. The molecule has 0 radical (unpaired) electrons. The molecule has 0 atom stereocenters. The van der Waals surface area contributed by atoms with Gasteiger partial charge in [0.25, 0.3) is 5.56 Å². The number of aromatic nitrogens is 4. The van der Waals surface area contributed by atoms with Gasteiger partial charge in [-0.1, -0.05) is 18.2 Å². The summed E-state index contributed by atoms with van der Waals surface area (Å²) in [4.78, 5) is 31.9. The molecule has 1 aliphatic rings. The van der Waals surface area contributed by atoms with Crippen molar-refractivity contribution in [3.8, 4) is 5.69 Å². The lowest BCUT2D eigenvalue weighted by atomic mass is 10.0. The maximum atomic E-state index is 13.2. The molecule has 0 N–H and O–H groups in total. The molecule has 5 rings (SSSR count). The third-order valence-electron chi connectivity index (χ3n) is 5.60. The highest BCUT2D eigenvalue weighted by Gasteiger charge is 2.22. The summed E-state index contributed by atoms with van der Waals surface area (Å²) in [5.74, 6) is -0.363. The summed E-state index contributed by atoms with van der Waals surface area (Å²) in [6, 6.07) is 13.7. The van der Waals surface area contributed by atoms with Gasteiger partial charge in [-0.2, -0.15) is 5.10 Å². The Labute approximate surface area is 177 Å². The fourth-order valence-corrected chi connectivity index (χ4v) is 4.02. The van der Waals surface area contributed by atoms with Gasteiger partial charge in [-0.05, 0) is 48.7 Å². The van der Waals surface area contributed by atoms with Crippen molar-refractivity contribution in [3.05, 3.63) is 82.8 Å². The third kappa shape index (κ3) is 3.50. The Morgan fingerprint density at radius 2 is 1.90 bits per heavy atom. The van der Waals surface area contributed by atoms with Crippen LogP contribution in [-0.2, 0) is 17.8 Å². The molecule has 0 spiro atoms. The number of fused-ring (bicyclic) bond motifs is 2. The molecular formula is C23H20FN5O2. The van der Waals surface area contributed by atoms with Crippen LogP contribution in [0, 0.1) is 5.82 Å². The van der Waals surface area contributed by atoms with Crippen LogP contribution in [0.4, 0.5) is 10.1 Å². The number of nitrogens with zero attached hydrogens (tertiary/aromatic N) is 5. The lowest BCUT2D eigenvalue weighted by molar-refractivity contribution is -0.118. The molecule has 31 heavy (non-hydrogen) atoms. The first-order valence-electron chi connectivity index (χ1n) is 10.2. The second-order valence-corrected chi connectivity index (χ2v) is 7.54. The van der Waals surface area contributed by atoms with Gasteiger partial charge in [0.05, 0.1) is 18.2 Å². The van der Waals surface area contributed by atoms with Gasteiger partial charge in [-0.15, -0.1) is 0 Å². The van der Waals surface area contributed by atoms with E-state index in [0.717, 1.165) is 18.5 Å². The predicted octanol–water partition coefficient (Wildman–Crippen LogP) is 3.09. The number of anilines is 1. The standard InChI is InChI=1S/C23H20FN5O2/c24-17-7-9-18(10-8-17)29-22-19(14-26-29)23(31)27(15-25-22)13-11-21(30)28-12-3-5-16-4-1-2-6-20(16)28/h1-2,4,6-10,14-15H,3,5,11-13H2. The Morgan fingerprint density at radius 3 is 2.74 bits per heavy atom. The maximum absolute atomic E-state index is 13.2. The van der Waals surface area contributed by atoms with E-state index in [2.05, 4.69) is 16.1 Å². The van der Waals surface area contributed by atoms with E-state index in [1.165, 1.54) is 39.5 Å². The minimum absolute atomic E-state index is 0.0128. The van der Waals surface area contributed by atoms with E-state index in [1.807, 2.05) is 23.1 Å². The fraction of sp³-hybridized carbons (Fsp3) is 0.217. The van der Waals surface area contributed by atoms with Crippen molar-refractivity contribution < 1.29 is 9.18 Å². The number of amides is 1. The van der Waals surface area contributed by atoms with Gasteiger partial charge in [0.15, 0.2) is 5.65 Å². The van der Waals surface area contributed by atoms with Gasteiger partial charge >= 0.3 is 0 Å². The average Bonchev–Trinajstić information content (AvgIpc) is 3.23. The van der Waals surface area contributed by atoms with Crippen molar-refractivity contribution in [2.24, 2.45) is 0 Å². The number of aryl methyl sites for hydroxylation is 2. The molecule has 1 amide bonds. The van der Waals surface area contributed by atoms with Gasteiger partial charge in [0, 0.05) is 25.2 Å². The van der Waals surface area contributed by atoms with Gasteiger partial charge in [-0.25, -0.2) is 14.1 Å². The first-order chi connectivity index (χ1) is 15.1. The number of hydrogen-bond donors (Lipinski definition) is 0. The van der Waals surface area contributed by atoms with Gasteiger partial charge < -0.3 is 4.90 Å². The summed E-state index contributed by atoms with van der Waals surface area (Å²) in [7, 11) is 0. The fourth-order valence-electron chi connectivity index (χ4n) is 4.02. The summed E-state index contributed by atoms with van der Waals surface area (Å²) in [6.07, 6.45) is 4.99. The van der Waals surface area contributed by atoms with Crippen molar-refractivity contribution >= 4 is 22.6 Å². The first-order valence-corrected chi connectivity index (χ1v) is 10.2. The molecule has 2 aromatic heterocycles. The number of rotatable bonds is 4. The second kappa shape index (κ2) is 7.79. The number of halogens is 1. The molecule has 0 saturated carbocycles. The highest BCUT2D eigenvalue weighted by atomic mass is 19.1. The van der Waals surface area contributed by atoms with E-state index in [9.17, 15) is 14.0 Å². The minimum Gasteiger partial charge on any atom is -0.312 e. The topological polar surface area (TPSA) is 73.0 Å². The molecule has 4 aromatic rings. The van der Waals surface area contributed by atoms with Gasteiger partial charge in [0.1, 0.15) is 11.2 Å². The summed E-state index contributed by atoms with van der Waals surface area (Å²) < 4.78 is 16.1. The van der Waals surface area contributed by atoms with Gasteiger partial charge in [0.2, 0.25) is 5.91 Å². The molecule has 7 nitrogen and oxygen atoms in total. The second-order valence-electron chi connectivity index (χ2n) is 7.54. The summed E-state index contributed by atoms with van der Waals surface area (Å²) >= 11 is 0. The largest absolute Gasteiger partial charge is 0.312 e.